The van der Waals surface area contributed by atoms with Gasteiger partial charge in [-0.3, -0.25) is 4.79 Å². The van der Waals surface area contributed by atoms with E-state index in [1.807, 2.05) is 18.2 Å². The van der Waals surface area contributed by atoms with Crippen LogP contribution in [0, 0.1) is 6.92 Å². The van der Waals surface area contributed by atoms with E-state index in [9.17, 15) is 4.79 Å². The van der Waals surface area contributed by atoms with Crippen molar-refractivity contribution >= 4 is 17.3 Å². The minimum Gasteiger partial charge on any atom is -0.379 e. The average molecular weight is 248 g/mol. The van der Waals surface area contributed by atoms with Crippen molar-refractivity contribution in [1.29, 1.82) is 0 Å². The Morgan fingerprint density at radius 1 is 1.44 bits per heavy atom. The molecule has 4 heteroatoms. The highest BCUT2D eigenvalue weighted by atomic mass is 16.5. The predicted molar refractivity (Wildman–Crippen MR) is 72.9 cm³/mol. The van der Waals surface area contributed by atoms with Gasteiger partial charge >= 0.3 is 0 Å². The van der Waals surface area contributed by atoms with Gasteiger partial charge in [-0.25, -0.2) is 0 Å². The highest BCUT2D eigenvalue weighted by Crippen LogP contribution is 2.24. The molecule has 1 aromatic rings. The molecule has 18 heavy (non-hydrogen) atoms. The lowest BCUT2D eigenvalue weighted by Crippen LogP contribution is -2.27. The van der Waals surface area contributed by atoms with Crippen molar-refractivity contribution < 1.29 is 9.53 Å². The second kappa shape index (κ2) is 5.40. The summed E-state index contributed by atoms with van der Waals surface area (Å²) in [6, 6.07) is 6.24. The van der Waals surface area contributed by atoms with Gasteiger partial charge < -0.3 is 15.4 Å². The molecule has 1 amide bonds. The third kappa shape index (κ3) is 3.01. The largest absolute Gasteiger partial charge is 0.379 e. The summed E-state index contributed by atoms with van der Waals surface area (Å²) in [5, 5.41) is 6.29. The van der Waals surface area contributed by atoms with Crippen LogP contribution in [0.5, 0.6) is 0 Å². The van der Waals surface area contributed by atoms with Gasteiger partial charge in [0, 0.05) is 24.9 Å². The predicted octanol–water partition coefficient (Wildman–Crippen LogP) is 2.54. The standard InChI is InChI=1S/C14H20N2O2/c1-9-4-5-12(15-11(3)17)8-14(9)16-13-6-7-18-10(13)2/h4-5,8,10,13,16H,6-7H2,1-3H3,(H,15,17). The Morgan fingerprint density at radius 2 is 2.22 bits per heavy atom. The fourth-order valence-electron chi connectivity index (χ4n) is 2.18. The molecule has 0 saturated carbocycles. The molecule has 0 spiro atoms. The van der Waals surface area contributed by atoms with E-state index in [0.717, 1.165) is 24.4 Å². The van der Waals surface area contributed by atoms with Crippen molar-refractivity contribution in [2.24, 2.45) is 0 Å². The fraction of sp³-hybridized carbons (Fsp3) is 0.500. The fourth-order valence-corrected chi connectivity index (χ4v) is 2.18. The smallest absolute Gasteiger partial charge is 0.221 e. The van der Waals surface area contributed by atoms with Crippen LogP contribution in [0.1, 0.15) is 25.8 Å². The van der Waals surface area contributed by atoms with Crippen LogP contribution in [0.15, 0.2) is 18.2 Å². The zero-order valence-corrected chi connectivity index (χ0v) is 11.1. The van der Waals surface area contributed by atoms with E-state index in [4.69, 9.17) is 4.74 Å². The maximum absolute atomic E-state index is 11.1. The van der Waals surface area contributed by atoms with Gasteiger partial charge in [0.2, 0.25) is 5.91 Å². The number of hydrogen-bond donors (Lipinski definition) is 2. The number of amides is 1. The van der Waals surface area contributed by atoms with Gasteiger partial charge in [-0.2, -0.15) is 0 Å². The van der Waals surface area contributed by atoms with Gasteiger partial charge in [0.1, 0.15) is 0 Å². The van der Waals surface area contributed by atoms with Gasteiger partial charge in [-0.15, -0.1) is 0 Å². The first-order chi connectivity index (χ1) is 8.56. The van der Waals surface area contributed by atoms with Crippen molar-refractivity contribution in [3.63, 3.8) is 0 Å². The molecule has 1 aliphatic rings. The van der Waals surface area contributed by atoms with E-state index in [-0.39, 0.29) is 12.0 Å². The summed E-state index contributed by atoms with van der Waals surface area (Å²) < 4.78 is 5.54. The molecule has 0 aliphatic carbocycles. The van der Waals surface area contributed by atoms with Crippen molar-refractivity contribution in [1.82, 2.24) is 0 Å². The Kier molecular flexibility index (Phi) is 3.87. The Morgan fingerprint density at radius 3 is 2.83 bits per heavy atom. The molecule has 1 saturated heterocycles. The summed E-state index contributed by atoms with van der Waals surface area (Å²) in [6.07, 6.45) is 1.25. The summed E-state index contributed by atoms with van der Waals surface area (Å²) in [4.78, 5) is 11.1. The van der Waals surface area contributed by atoms with E-state index >= 15 is 0 Å². The third-order valence-electron chi connectivity index (χ3n) is 3.28. The van der Waals surface area contributed by atoms with Crippen molar-refractivity contribution in [2.45, 2.75) is 39.3 Å². The highest BCUT2D eigenvalue weighted by Gasteiger charge is 2.24. The van der Waals surface area contributed by atoms with Crippen LogP contribution >= 0.6 is 0 Å². The first-order valence-corrected chi connectivity index (χ1v) is 6.32. The molecule has 98 valence electrons. The summed E-state index contributed by atoms with van der Waals surface area (Å²) in [7, 11) is 0. The first kappa shape index (κ1) is 12.9. The first-order valence-electron chi connectivity index (χ1n) is 6.32. The molecule has 0 radical (unpaired) electrons. The van der Waals surface area contributed by atoms with Gasteiger partial charge in [0.15, 0.2) is 0 Å². The van der Waals surface area contributed by atoms with E-state index in [0.29, 0.717) is 6.04 Å². The lowest BCUT2D eigenvalue weighted by Gasteiger charge is -2.19. The van der Waals surface area contributed by atoms with Crippen LogP contribution in [-0.2, 0) is 9.53 Å². The molecule has 2 unspecified atom stereocenters. The number of aryl methyl sites for hydroxylation is 1. The summed E-state index contributed by atoms with van der Waals surface area (Å²) >= 11 is 0. The average Bonchev–Trinajstić information content (AvgIpc) is 2.69. The molecule has 1 aliphatic heterocycles. The molecule has 0 bridgehead atoms. The summed E-state index contributed by atoms with van der Waals surface area (Å²) in [5.74, 6) is -0.0534. The molecule has 1 fully saturated rings. The zero-order chi connectivity index (χ0) is 13.1. The number of nitrogens with one attached hydrogen (secondary N) is 2. The Labute approximate surface area is 108 Å². The van der Waals surface area contributed by atoms with E-state index in [1.54, 1.807) is 0 Å². The van der Waals surface area contributed by atoms with Crippen molar-refractivity contribution in [3.05, 3.63) is 23.8 Å². The molecule has 0 aromatic heterocycles. The van der Waals surface area contributed by atoms with Crippen LogP contribution < -0.4 is 10.6 Å². The number of hydrogen-bond acceptors (Lipinski definition) is 3. The Bertz CT molecular complexity index is 445. The second-order valence-corrected chi connectivity index (χ2v) is 4.83. The third-order valence-corrected chi connectivity index (χ3v) is 3.28. The maximum atomic E-state index is 11.1. The van der Waals surface area contributed by atoms with Crippen LogP contribution in [0.3, 0.4) is 0 Å². The van der Waals surface area contributed by atoms with Gasteiger partial charge in [-0.1, -0.05) is 6.07 Å². The number of carbonyl (C=O) groups is 1. The Balaban J connectivity index is 2.13. The minimum absolute atomic E-state index is 0.0534. The summed E-state index contributed by atoms with van der Waals surface area (Å²) in [5.41, 5.74) is 3.05. The summed E-state index contributed by atoms with van der Waals surface area (Å²) in [6.45, 7) is 6.46. The highest BCUT2D eigenvalue weighted by molar-refractivity contribution is 5.89. The number of anilines is 2. The Hall–Kier alpha value is -1.55. The van der Waals surface area contributed by atoms with Gasteiger partial charge in [0.25, 0.3) is 0 Å². The van der Waals surface area contributed by atoms with E-state index in [1.165, 1.54) is 12.5 Å². The second-order valence-electron chi connectivity index (χ2n) is 4.83. The van der Waals surface area contributed by atoms with Crippen LogP contribution in [-0.4, -0.2) is 24.7 Å². The van der Waals surface area contributed by atoms with Gasteiger partial charge in [0.05, 0.1) is 12.1 Å². The maximum Gasteiger partial charge on any atom is 0.221 e. The number of ether oxygens (including phenoxy) is 1. The molecular formula is C14H20N2O2. The molecule has 2 rings (SSSR count). The van der Waals surface area contributed by atoms with Crippen LogP contribution in [0.2, 0.25) is 0 Å². The lowest BCUT2D eigenvalue weighted by molar-refractivity contribution is -0.114. The van der Waals surface area contributed by atoms with Gasteiger partial charge in [-0.05, 0) is 38.0 Å². The molecular weight excluding hydrogens is 228 g/mol. The normalized spacial score (nSPS) is 22.8. The van der Waals surface area contributed by atoms with E-state index in [2.05, 4.69) is 24.5 Å². The van der Waals surface area contributed by atoms with Crippen molar-refractivity contribution in [3.8, 4) is 0 Å². The van der Waals surface area contributed by atoms with Crippen LogP contribution in [0.4, 0.5) is 11.4 Å². The molecule has 1 heterocycles. The molecule has 2 N–H and O–H groups in total. The number of benzene rings is 1. The lowest BCUT2D eigenvalue weighted by atomic mass is 10.1. The number of carbonyl (C=O) groups excluding carboxylic acids is 1. The van der Waals surface area contributed by atoms with Crippen LogP contribution in [0.25, 0.3) is 0 Å². The molecule has 2 atom stereocenters. The van der Waals surface area contributed by atoms with E-state index < -0.39 is 0 Å². The minimum atomic E-state index is -0.0534. The zero-order valence-electron chi connectivity index (χ0n) is 11.1. The SMILES string of the molecule is CC(=O)Nc1ccc(C)c(NC2CCOC2C)c1. The quantitative estimate of drug-likeness (QED) is 0.864. The number of rotatable bonds is 3. The molecule has 1 aromatic carbocycles. The van der Waals surface area contributed by atoms with Crippen molar-refractivity contribution in [2.75, 3.05) is 17.2 Å². The molecule has 4 nitrogen and oxygen atoms in total. The monoisotopic (exact) mass is 248 g/mol. The topological polar surface area (TPSA) is 50.4 Å².